The molecular formula is C10H18O2S2. The summed E-state index contributed by atoms with van der Waals surface area (Å²) in [6.07, 6.45) is 2.92. The molecule has 0 aromatic heterocycles. The van der Waals surface area contributed by atoms with Gasteiger partial charge in [0, 0.05) is 6.61 Å². The summed E-state index contributed by atoms with van der Waals surface area (Å²) in [5.41, 5.74) is 0. The Morgan fingerprint density at radius 2 is 2.07 bits per heavy atom. The van der Waals surface area contributed by atoms with Crippen LogP contribution in [-0.2, 0) is 9.53 Å². The lowest BCUT2D eigenvalue weighted by Gasteiger charge is -2.40. The summed E-state index contributed by atoms with van der Waals surface area (Å²) in [6, 6.07) is 0. The van der Waals surface area contributed by atoms with Crippen LogP contribution in [0.2, 0.25) is 0 Å². The zero-order valence-electron chi connectivity index (χ0n) is 8.82. The highest BCUT2D eigenvalue weighted by atomic mass is 32.2. The molecule has 0 aliphatic carbocycles. The second-order valence-corrected chi connectivity index (χ2v) is 6.66. The number of rotatable bonds is 5. The summed E-state index contributed by atoms with van der Waals surface area (Å²) in [5, 5.41) is 0. The van der Waals surface area contributed by atoms with Crippen molar-refractivity contribution < 1.29 is 9.53 Å². The van der Waals surface area contributed by atoms with Crippen molar-refractivity contribution in [1.82, 2.24) is 0 Å². The molecule has 0 bridgehead atoms. The summed E-state index contributed by atoms with van der Waals surface area (Å²) in [4.78, 5) is 11.0. The summed E-state index contributed by atoms with van der Waals surface area (Å²) in [7, 11) is 0. The van der Waals surface area contributed by atoms with Crippen molar-refractivity contribution in [3.05, 3.63) is 0 Å². The summed E-state index contributed by atoms with van der Waals surface area (Å²) < 4.78 is 5.53. The fourth-order valence-electron chi connectivity index (χ4n) is 1.78. The summed E-state index contributed by atoms with van der Waals surface area (Å²) >= 11 is 3.73. The average Bonchev–Trinajstić information content (AvgIpc) is 2.19. The number of carbonyl (C=O) groups is 1. The van der Waals surface area contributed by atoms with Gasteiger partial charge in [-0.25, -0.2) is 0 Å². The van der Waals surface area contributed by atoms with Gasteiger partial charge in [0.15, 0.2) is 6.29 Å². The zero-order chi connectivity index (χ0) is 10.4. The Morgan fingerprint density at radius 1 is 1.43 bits per heavy atom. The molecule has 4 heteroatoms. The quantitative estimate of drug-likeness (QED) is 0.539. The van der Waals surface area contributed by atoms with Crippen LogP contribution in [0.25, 0.3) is 0 Å². The third-order valence-electron chi connectivity index (χ3n) is 2.30. The SMILES string of the molecule is CCSC1(SCC)CCCOC1C=O. The van der Waals surface area contributed by atoms with Crippen molar-refractivity contribution >= 4 is 29.8 Å². The molecule has 0 amide bonds. The van der Waals surface area contributed by atoms with Crippen molar-refractivity contribution in [1.29, 1.82) is 0 Å². The van der Waals surface area contributed by atoms with Gasteiger partial charge in [-0.1, -0.05) is 13.8 Å². The van der Waals surface area contributed by atoms with Gasteiger partial charge in [-0.3, -0.25) is 0 Å². The normalized spacial score (nSPS) is 26.0. The molecule has 0 radical (unpaired) electrons. The molecule has 0 N–H and O–H groups in total. The maximum atomic E-state index is 11.0. The third kappa shape index (κ3) is 2.67. The van der Waals surface area contributed by atoms with Crippen LogP contribution in [0.15, 0.2) is 0 Å². The van der Waals surface area contributed by atoms with E-state index in [-0.39, 0.29) is 10.2 Å². The Hall–Kier alpha value is 0.330. The van der Waals surface area contributed by atoms with E-state index < -0.39 is 0 Å². The van der Waals surface area contributed by atoms with Crippen LogP contribution >= 0.6 is 23.5 Å². The lowest BCUT2D eigenvalue weighted by molar-refractivity contribution is -0.120. The van der Waals surface area contributed by atoms with E-state index in [1.807, 2.05) is 23.5 Å². The van der Waals surface area contributed by atoms with Gasteiger partial charge in [0.2, 0.25) is 0 Å². The van der Waals surface area contributed by atoms with E-state index >= 15 is 0 Å². The predicted octanol–water partition coefficient (Wildman–Crippen LogP) is 2.57. The van der Waals surface area contributed by atoms with E-state index in [4.69, 9.17) is 4.74 Å². The lowest BCUT2D eigenvalue weighted by atomic mass is 10.1. The van der Waals surface area contributed by atoms with Crippen LogP contribution in [0.3, 0.4) is 0 Å². The van der Waals surface area contributed by atoms with Gasteiger partial charge in [-0.05, 0) is 24.3 Å². The number of aldehydes is 1. The van der Waals surface area contributed by atoms with Crippen molar-refractivity contribution in [2.45, 2.75) is 36.9 Å². The monoisotopic (exact) mass is 234 g/mol. The molecule has 0 aromatic rings. The van der Waals surface area contributed by atoms with E-state index in [1.54, 1.807) is 0 Å². The van der Waals surface area contributed by atoms with Crippen LogP contribution in [0.1, 0.15) is 26.7 Å². The summed E-state index contributed by atoms with van der Waals surface area (Å²) in [5.74, 6) is 2.08. The standard InChI is InChI=1S/C10H18O2S2/c1-3-13-10(14-4-2)6-5-7-12-9(10)8-11/h8-9H,3-7H2,1-2H3. The van der Waals surface area contributed by atoms with E-state index in [2.05, 4.69) is 13.8 Å². The maximum absolute atomic E-state index is 11.0. The molecule has 2 nitrogen and oxygen atoms in total. The van der Waals surface area contributed by atoms with Crippen LogP contribution < -0.4 is 0 Å². The van der Waals surface area contributed by atoms with E-state index in [0.29, 0.717) is 0 Å². The van der Waals surface area contributed by atoms with Gasteiger partial charge in [0.1, 0.15) is 6.10 Å². The Balaban J connectivity index is 2.72. The van der Waals surface area contributed by atoms with Crippen LogP contribution in [0, 0.1) is 0 Å². The molecule has 1 heterocycles. The van der Waals surface area contributed by atoms with Gasteiger partial charge in [-0.15, -0.1) is 23.5 Å². The Morgan fingerprint density at radius 3 is 2.57 bits per heavy atom. The van der Waals surface area contributed by atoms with Gasteiger partial charge >= 0.3 is 0 Å². The Bertz CT molecular complexity index is 173. The number of carbonyl (C=O) groups excluding carboxylic acids is 1. The average molecular weight is 234 g/mol. The molecule has 1 aliphatic heterocycles. The van der Waals surface area contributed by atoms with Crippen molar-refractivity contribution in [2.24, 2.45) is 0 Å². The fourth-order valence-corrected chi connectivity index (χ4v) is 4.95. The van der Waals surface area contributed by atoms with Crippen molar-refractivity contribution in [3.63, 3.8) is 0 Å². The van der Waals surface area contributed by atoms with Crippen LogP contribution in [0.5, 0.6) is 0 Å². The highest BCUT2D eigenvalue weighted by Gasteiger charge is 2.42. The molecule has 1 rings (SSSR count). The highest BCUT2D eigenvalue weighted by Crippen LogP contribution is 2.46. The first kappa shape index (κ1) is 12.4. The number of ether oxygens (including phenoxy) is 1. The van der Waals surface area contributed by atoms with E-state index in [0.717, 1.165) is 37.2 Å². The molecule has 82 valence electrons. The topological polar surface area (TPSA) is 26.3 Å². The number of hydrogen-bond acceptors (Lipinski definition) is 4. The second-order valence-electron chi connectivity index (χ2n) is 3.21. The molecule has 1 fully saturated rings. The molecule has 0 aromatic carbocycles. The third-order valence-corrected chi connectivity index (χ3v) is 5.44. The van der Waals surface area contributed by atoms with Gasteiger partial charge in [-0.2, -0.15) is 0 Å². The van der Waals surface area contributed by atoms with E-state index in [9.17, 15) is 4.79 Å². The number of thioether (sulfide) groups is 2. The zero-order valence-corrected chi connectivity index (χ0v) is 10.5. The van der Waals surface area contributed by atoms with Crippen LogP contribution in [0.4, 0.5) is 0 Å². The largest absolute Gasteiger partial charge is 0.368 e. The Labute approximate surface area is 94.5 Å². The smallest absolute Gasteiger partial charge is 0.151 e. The van der Waals surface area contributed by atoms with Crippen molar-refractivity contribution in [3.8, 4) is 0 Å². The molecule has 1 atom stereocenters. The molecule has 1 saturated heterocycles. The second kappa shape index (κ2) is 6.03. The molecule has 0 saturated carbocycles. The first-order valence-electron chi connectivity index (χ1n) is 5.14. The summed E-state index contributed by atoms with van der Waals surface area (Å²) in [6.45, 7) is 5.01. The molecule has 14 heavy (non-hydrogen) atoms. The maximum Gasteiger partial charge on any atom is 0.151 e. The first-order valence-corrected chi connectivity index (χ1v) is 7.11. The van der Waals surface area contributed by atoms with Crippen molar-refractivity contribution in [2.75, 3.05) is 18.1 Å². The van der Waals surface area contributed by atoms with Gasteiger partial charge in [0.25, 0.3) is 0 Å². The minimum atomic E-state index is -0.217. The molecular weight excluding hydrogens is 216 g/mol. The minimum absolute atomic E-state index is 0.0104. The molecule has 0 spiro atoms. The molecule has 1 unspecified atom stereocenters. The Kier molecular flexibility index (Phi) is 5.34. The first-order chi connectivity index (χ1) is 6.79. The lowest BCUT2D eigenvalue weighted by Crippen LogP contribution is -2.43. The van der Waals surface area contributed by atoms with E-state index in [1.165, 1.54) is 0 Å². The molecule has 1 aliphatic rings. The highest BCUT2D eigenvalue weighted by molar-refractivity contribution is 8.18. The fraction of sp³-hybridized carbons (Fsp3) is 0.900. The number of hydrogen-bond donors (Lipinski definition) is 0. The minimum Gasteiger partial charge on any atom is -0.368 e. The van der Waals surface area contributed by atoms with Crippen LogP contribution in [-0.4, -0.2) is 34.6 Å². The van der Waals surface area contributed by atoms with Gasteiger partial charge in [0.05, 0.1) is 4.08 Å². The van der Waals surface area contributed by atoms with Gasteiger partial charge < -0.3 is 9.53 Å². The predicted molar refractivity (Wildman–Crippen MR) is 64.0 cm³/mol.